The largest absolute Gasteiger partial charge is 0.370 e. The number of nitrogens with one attached hydrogen (secondary N) is 1. The standard InChI is InChI=1S/C26H32N4O/c1-19-5-6-20(2)30(19)24-11-7-21(8-12-24)17-26(31)27-22-9-13-23(14-10-22)29-16-15-25(18-29)28(3)4/h5-14,25H,15-18H2,1-4H3,(H,27,31). The van der Waals surface area contributed by atoms with Crippen molar-refractivity contribution >= 4 is 17.3 Å². The Hall–Kier alpha value is -3.05. The first-order valence-corrected chi connectivity index (χ1v) is 11.0. The number of anilines is 2. The highest BCUT2D eigenvalue weighted by Crippen LogP contribution is 2.24. The van der Waals surface area contributed by atoms with E-state index >= 15 is 0 Å². The molecule has 2 aromatic carbocycles. The maximum atomic E-state index is 12.5. The third-order valence-corrected chi connectivity index (χ3v) is 6.24. The molecule has 1 amide bonds. The summed E-state index contributed by atoms with van der Waals surface area (Å²) in [5.41, 5.74) is 6.60. The van der Waals surface area contributed by atoms with Crippen LogP contribution < -0.4 is 10.2 Å². The number of nitrogens with zero attached hydrogens (tertiary/aromatic N) is 3. The number of likely N-dealkylation sites (N-methyl/N-ethyl adjacent to an activating group) is 1. The second-order valence-electron chi connectivity index (χ2n) is 8.74. The Morgan fingerprint density at radius 2 is 1.55 bits per heavy atom. The zero-order valence-corrected chi connectivity index (χ0v) is 18.9. The number of hydrogen-bond donors (Lipinski definition) is 1. The molecule has 1 saturated heterocycles. The van der Waals surface area contributed by atoms with Gasteiger partial charge in [-0.2, -0.15) is 0 Å². The van der Waals surface area contributed by atoms with Gasteiger partial charge in [-0.15, -0.1) is 0 Å². The maximum Gasteiger partial charge on any atom is 0.228 e. The molecule has 2 heterocycles. The average Bonchev–Trinajstić information content (AvgIpc) is 3.37. The van der Waals surface area contributed by atoms with E-state index in [1.54, 1.807) is 0 Å². The van der Waals surface area contributed by atoms with Gasteiger partial charge in [-0.3, -0.25) is 4.79 Å². The van der Waals surface area contributed by atoms with Crippen LogP contribution in [0.1, 0.15) is 23.4 Å². The minimum Gasteiger partial charge on any atom is -0.370 e. The van der Waals surface area contributed by atoms with Gasteiger partial charge in [0.25, 0.3) is 0 Å². The summed E-state index contributed by atoms with van der Waals surface area (Å²) >= 11 is 0. The molecule has 31 heavy (non-hydrogen) atoms. The van der Waals surface area contributed by atoms with Crippen molar-refractivity contribution in [3.8, 4) is 5.69 Å². The molecule has 0 spiro atoms. The van der Waals surface area contributed by atoms with Gasteiger partial charge in [0.1, 0.15) is 0 Å². The molecule has 5 nitrogen and oxygen atoms in total. The highest BCUT2D eigenvalue weighted by molar-refractivity contribution is 5.92. The van der Waals surface area contributed by atoms with Crippen molar-refractivity contribution in [3.63, 3.8) is 0 Å². The van der Waals surface area contributed by atoms with E-state index in [-0.39, 0.29) is 5.91 Å². The summed E-state index contributed by atoms with van der Waals surface area (Å²) in [5.74, 6) is 0.00247. The lowest BCUT2D eigenvalue weighted by Gasteiger charge is -2.22. The summed E-state index contributed by atoms with van der Waals surface area (Å²) in [5, 5.41) is 3.02. The van der Waals surface area contributed by atoms with Crippen molar-refractivity contribution < 1.29 is 4.79 Å². The van der Waals surface area contributed by atoms with E-state index in [1.807, 2.05) is 24.3 Å². The number of aryl methyl sites for hydroxylation is 2. The molecule has 1 unspecified atom stereocenters. The smallest absolute Gasteiger partial charge is 0.228 e. The predicted molar refractivity (Wildman–Crippen MR) is 128 cm³/mol. The zero-order chi connectivity index (χ0) is 22.0. The Morgan fingerprint density at radius 1 is 0.935 bits per heavy atom. The summed E-state index contributed by atoms with van der Waals surface area (Å²) in [6.45, 7) is 6.33. The molecule has 1 atom stereocenters. The fraction of sp³-hybridized carbons (Fsp3) is 0.346. The summed E-state index contributed by atoms with van der Waals surface area (Å²) < 4.78 is 2.21. The van der Waals surface area contributed by atoms with Crippen LogP contribution in [0.4, 0.5) is 11.4 Å². The van der Waals surface area contributed by atoms with Crippen LogP contribution in [-0.2, 0) is 11.2 Å². The van der Waals surface area contributed by atoms with Crippen LogP contribution in [0.15, 0.2) is 60.7 Å². The highest BCUT2D eigenvalue weighted by atomic mass is 16.1. The third kappa shape index (κ3) is 4.83. The Morgan fingerprint density at radius 3 is 2.13 bits per heavy atom. The molecule has 0 bridgehead atoms. The topological polar surface area (TPSA) is 40.5 Å². The molecule has 1 aliphatic rings. The van der Waals surface area contributed by atoms with Crippen molar-refractivity contribution in [1.29, 1.82) is 0 Å². The van der Waals surface area contributed by atoms with Gasteiger partial charge in [-0.1, -0.05) is 12.1 Å². The van der Waals surface area contributed by atoms with E-state index in [0.29, 0.717) is 12.5 Å². The number of aromatic nitrogens is 1. The van der Waals surface area contributed by atoms with Gasteiger partial charge in [0, 0.05) is 47.6 Å². The van der Waals surface area contributed by atoms with Crippen LogP contribution in [0.5, 0.6) is 0 Å². The first-order chi connectivity index (χ1) is 14.9. The molecule has 3 aromatic rings. The van der Waals surface area contributed by atoms with E-state index in [4.69, 9.17) is 0 Å². The maximum absolute atomic E-state index is 12.5. The van der Waals surface area contributed by atoms with Gasteiger partial charge < -0.3 is 19.7 Å². The van der Waals surface area contributed by atoms with Gasteiger partial charge in [0.05, 0.1) is 6.42 Å². The predicted octanol–water partition coefficient (Wildman–Crippen LogP) is 4.42. The second kappa shape index (κ2) is 8.98. The molecule has 1 aromatic heterocycles. The highest BCUT2D eigenvalue weighted by Gasteiger charge is 2.23. The Balaban J connectivity index is 1.34. The van der Waals surface area contributed by atoms with Crippen molar-refractivity contribution in [3.05, 3.63) is 77.6 Å². The first-order valence-electron chi connectivity index (χ1n) is 11.0. The van der Waals surface area contributed by atoms with Gasteiger partial charge in [0.15, 0.2) is 0 Å². The van der Waals surface area contributed by atoms with Gasteiger partial charge in [-0.25, -0.2) is 0 Å². The van der Waals surface area contributed by atoms with Crippen LogP contribution >= 0.6 is 0 Å². The molecule has 0 radical (unpaired) electrons. The lowest BCUT2D eigenvalue weighted by atomic mass is 10.1. The monoisotopic (exact) mass is 416 g/mol. The molecular formula is C26H32N4O. The van der Waals surface area contributed by atoms with Crippen molar-refractivity contribution in [2.75, 3.05) is 37.4 Å². The van der Waals surface area contributed by atoms with Gasteiger partial charge in [0.2, 0.25) is 5.91 Å². The summed E-state index contributed by atoms with van der Waals surface area (Å²) in [6.07, 6.45) is 1.55. The van der Waals surface area contributed by atoms with Gasteiger partial charge >= 0.3 is 0 Å². The lowest BCUT2D eigenvalue weighted by Crippen LogP contribution is -2.31. The van der Waals surface area contributed by atoms with Crippen molar-refractivity contribution in [2.24, 2.45) is 0 Å². The lowest BCUT2D eigenvalue weighted by molar-refractivity contribution is -0.115. The fourth-order valence-electron chi connectivity index (χ4n) is 4.38. The Labute approximate surface area is 185 Å². The van der Waals surface area contributed by atoms with Crippen molar-refractivity contribution in [1.82, 2.24) is 9.47 Å². The number of rotatable bonds is 6. The minimum atomic E-state index is 0.00247. The number of benzene rings is 2. The summed E-state index contributed by atoms with van der Waals surface area (Å²) in [4.78, 5) is 17.2. The first kappa shape index (κ1) is 21.2. The minimum absolute atomic E-state index is 0.00247. The quantitative estimate of drug-likeness (QED) is 0.647. The molecule has 0 aliphatic carbocycles. The normalized spacial score (nSPS) is 16.2. The van der Waals surface area contributed by atoms with E-state index in [2.05, 4.69) is 84.0 Å². The molecular weight excluding hydrogens is 384 g/mol. The summed E-state index contributed by atoms with van der Waals surface area (Å²) in [6, 6.07) is 21.3. The number of hydrogen-bond acceptors (Lipinski definition) is 3. The second-order valence-corrected chi connectivity index (χ2v) is 8.74. The van der Waals surface area contributed by atoms with E-state index in [9.17, 15) is 4.79 Å². The van der Waals surface area contributed by atoms with E-state index in [0.717, 1.165) is 30.0 Å². The average molecular weight is 417 g/mol. The van der Waals surface area contributed by atoms with Crippen LogP contribution in [-0.4, -0.2) is 48.6 Å². The molecule has 162 valence electrons. The van der Waals surface area contributed by atoms with Crippen LogP contribution in [0, 0.1) is 13.8 Å². The Kier molecular flexibility index (Phi) is 6.14. The molecule has 5 heteroatoms. The molecule has 1 fully saturated rings. The van der Waals surface area contributed by atoms with Crippen LogP contribution in [0.2, 0.25) is 0 Å². The molecule has 1 N–H and O–H groups in total. The SMILES string of the molecule is Cc1ccc(C)n1-c1ccc(CC(=O)Nc2ccc(N3CCC(N(C)C)C3)cc2)cc1. The number of carbonyl (C=O) groups is 1. The number of amides is 1. The molecule has 0 saturated carbocycles. The molecule has 4 rings (SSSR count). The van der Waals surface area contributed by atoms with Crippen LogP contribution in [0.25, 0.3) is 5.69 Å². The molecule has 1 aliphatic heterocycles. The van der Waals surface area contributed by atoms with Crippen LogP contribution in [0.3, 0.4) is 0 Å². The third-order valence-electron chi connectivity index (χ3n) is 6.24. The number of carbonyl (C=O) groups excluding carboxylic acids is 1. The van der Waals surface area contributed by atoms with E-state index < -0.39 is 0 Å². The fourth-order valence-corrected chi connectivity index (χ4v) is 4.38. The summed E-state index contributed by atoms with van der Waals surface area (Å²) in [7, 11) is 4.28. The van der Waals surface area contributed by atoms with E-state index in [1.165, 1.54) is 23.5 Å². The Bertz CT molecular complexity index is 1010. The van der Waals surface area contributed by atoms with Gasteiger partial charge in [-0.05, 0) is 88.5 Å². The zero-order valence-electron chi connectivity index (χ0n) is 18.9. The van der Waals surface area contributed by atoms with Crippen molar-refractivity contribution in [2.45, 2.75) is 32.7 Å².